The smallest absolute Gasteiger partial charge is 0.339 e. The SMILES string of the molecule is COc1ccccc1/C=C(/C(=O)OCC(=O)NC(=O)NC1CCCCC1)c1ccccc1. The molecular formula is C25H28N2O5. The molecule has 2 aromatic carbocycles. The van der Waals surface area contributed by atoms with Crippen LogP contribution in [0.5, 0.6) is 5.75 Å². The average molecular weight is 437 g/mol. The van der Waals surface area contributed by atoms with E-state index >= 15 is 0 Å². The zero-order chi connectivity index (χ0) is 22.8. The molecule has 168 valence electrons. The fourth-order valence-electron chi connectivity index (χ4n) is 3.66. The van der Waals surface area contributed by atoms with Crippen molar-refractivity contribution in [2.45, 2.75) is 38.1 Å². The third-order valence-electron chi connectivity index (χ3n) is 5.27. The molecule has 0 heterocycles. The van der Waals surface area contributed by atoms with Crippen LogP contribution >= 0.6 is 0 Å². The number of carbonyl (C=O) groups is 3. The number of nitrogens with one attached hydrogen (secondary N) is 2. The molecule has 0 aromatic heterocycles. The summed E-state index contributed by atoms with van der Waals surface area (Å²) in [6, 6.07) is 15.8. The minimum Gasteiger partial charge on any atom is -0.496 e. The molecule has 3 rings (SSSR count). The van der Waals surface area contributed by atoms with Gasteiger partial charge in [0, 0.05) is 11.6 Å². The van der Waals surface area contributed by atoms with Gasteiger partial charge in [-0.1, -0.05) is 67.8 Å². The molecule has 1 aliphatic rings. The fraction of sp³-hybridized carbons (Fsp3) is 0.320. The highest BCUT2D eigenvalue weighted by Gasteiger charge is 2.19. The van der Waals surface area contributed by atoms with Crippen LogP contribution in [-0.2, 0) is 14.3 Å². The first kappa shape index (κ1) is 23.1. The van der Waals surface area contributed by atoms with Gasteiger partial charge in [0.25, 0.3) is 5.91 Å². The van der Waals surface area contributed by atoms with E-state index in [2.05, 4.69) is 10.6 Å². The lowest BCUT2D eigenvalue weighted by molar-refractivity contribution is -0.142. The van der Waals surface area contributed by atoms with Crippen molar-refractivity contribution in [3.05, 3.63) is 65.7 Å². The first-order valence-corrected chi connectivity index (χ1v) is 10.7. The van der Waals surface area contributed by atoms with Crippen LogP contribution in [-0.4, -0.2) is 37.7 Å². The topological polar surface area (TPSA) is 93.7 Å². The lowest BCUT2D eigenvalue weighted by Crippen LogP contribution is -2.46. The van der Waals surface area contributed by atoms with E-state index < -0.39 is 24.5 Å². The Morgan fingerprint density at radius 3 is 2.38 bits per heavy atom. The number of para-hydroxylation sites is 1. The van der Waals surface area contributed by atoms with E-state index in [0.717, 1.165) is 25.7 Å². The summed E-state index contributed by atoms with van der Waals surface area (Å²) in [4.78, 5) is 37.0. The third kappa shape index (κ3) is 6.70. The summed E-state index contributed by atoms with van der Waals surface area (Å²) in [5.41, 5.74) is 1.61. The van der Waals surface area contributed by atoms with Crippen LogP contribution in [0.15, 0.2) is 54.6 Å². The second kappa shape index (κ2) is 11.7. The zero-order valence-electron chi connectivity index (χ0n) is 18.1. The van der Waals surface area contributed by atoms with Crippen molar-refractivity contribution in [2.75, 3.05) is 13.7 Å². The van der Waals surface area contributed by atoms with Crippen LogP contribution in [0.2, 0.25) is 0 Å². The molecule has 1 saturated carbocycles. The maximum absolute atomic E-state index is 12.8. The summed E-state index contributed by atoms with van der Waals surface area (Å²) in [5.74, 6) is -0.757. The molecule has 0 radical (unpaired) electrons. The Kier molecular flexibility index (Phi) is 8.43. The number of esters is 1. The molecule has 0 spiro atoms. The first-order valence-electron chi connectivity index (χ1n) is 10.7. The van der Waals surface area contributed by atoms with Crippen molar-refractivity contribution in [1.29, 1.82) is 0 Å². The number of carbonyl (C=O) groups excluding carboxylic acids is 3. The van der Waals surface area contributed by atoms with E-state index in [0.29, 0.717) is 16.9 Å². The van der Waals surface area contributed by atoms with Gasteiger partial charge in [0.15, 0.2) is 6.61 Å². The lowest BCUT2D eigenvalue weighted by Gasteiger charge is -2.22. The predicted octanol–water partition coefficient (Wildman–Crippen LogP) is 3.94. The number of methoxy groups -OCH3 is 1. The van der Waals surface area contributed by atoms with Gasteiger partial charge in [-0.2, -0.15) is 0 Å². The van der Waals surface area contributed by atoms with Gasteiger partial charge in [0.05, 0.1) is 12.7 Å². The number of benzene rings is 2. The Bertz CT molecular complexity index is 965. The Morgan fingerprint density at radius 2 is 1.66 bits per heavy atom. The van der Waals surface area contributed by atoms with Gasteiger partial charge in [0.2, 0.25) is 0 Å². The van der Waals surface area contributed by atoms with Gasteiger partial charge >= 0.3 is 12.0 Å². The van der Waals surface area contributed by atoms with Crippen molar-refractivity contribution in [3.8, 4) is 5.75 Å². The molecule has 7 nitrogen and oxygen atoms in total. The van der Waals surface area contributed by atoms with E-state index in [-0.39, 0.29) is 11.6 Å². The maximum Gasteiger partial charge on any atom is 0.339 e. The summed E-state index contributed by atoms with van der Waals surface area (Å²) in [6.45, 7) is -0.562. The van der Waals surface area contributed by atoms with E-state index in [9.17, 15) is 14.4 Å². The first-order chi connectivity index (χ1) is 15.6. The molecule has 0 unspecified atom stereocenters. The van der Waals surface area contributed by atoms with Crippen molar-refractivity contribution >= 4 is 29.6 Å². The van der Waals surface area contributed by atoms with Crippen molar-refractivity contribution in [3.63, 3.8) is 0 Å². The largest absolute Gasteiger partial charge is 0.496 e. The van der Waals surface area contributed by atoms with Crippen LogP contribution in [0.1, 0.15) is 43.2 Å². The second-order valence-electron chi connectivity index (χ2n) is 7.60. The summed E-state index contributed by atoms with van der Waals surface area (Å²) < 4.78 is 10.6. The molecule has 0 bridgehead atoms. The molecule has 1 fully saturated rings. The standard InChI is InChI=1S/C25H28N2O5/c1-31-22-15-9-8-12-19(22)16-21(18-10-4-2-5-11-18)24(29)32-17-23(28)27-25(30)26-20-13-6-3-7-14-20/h2,4-5,8-12,15-16,20H,3,6-7,13-14,17H2,1H3,(H2,26,27,28,30)/b21-16+. The Balaban J connectivity index is 1.64. The summed E-state index contributed by atoms with van der Waals surface area (Å²) in [5, 5.41) is 5.02. The Morgan fingerprint density at radius 1 is 0.969 bits per heavy atom. The Labute approximate surface area is 187 Å². The molecule has 32 heavy (non-hydrogen) atoms. The molecule has 2 N–H and O–H groups in total. The van der Waals surface area contributed by atoms with E-state index in [4.69, 9.17) is 9.47 Å². The molecule has 3 amide bonds. The summed E-state index contributed by atoms with van der Waals surface area (Å²) in [6.07, 6.45) is 6.77. The number of ether oxygens (including phenoxy) is 2. The number of rotatable bonds is 7. The second-order valence-corrected chi connectivity index (χ2v) is 7.60. The minimum absolute atomic E-state index is 0.0765. The summed E-state index contributed by atoms with van der Waals surface area (Å²) in [7, 11) is 1.55. The zero-order valence-corrected chi connectivity index (χ0v) is 18.1. The maximum atomic E-state index is 12.8. The molecule has 0 aliphatic heterocycles. The highest BCUT2D eigenvalue weighted by Crippen LogP contribution is 2.25. The lowest BCUT2D eigenvalue weighted by atomic mass is 9.96. The third-order valence-corrected chi connectivity index (χ3v) is 5.27. The minimum atomic E-state index is -0.684. The van der Waals surface area contributed by atoms with Crippen LogP contribution in [0, 0.1) is 0 Å². The number of amides is 3. The van der Waals surface area contributed by atoms with Crippen LogP contribution in [0.4, 0.5) is 4.79 Å². The number of hydrogen-bond acceptors (Lipinski definition) is 5. The van der Waals surface area contributed by atoms with Gasteiger partial charge < -0.3 is 14.8 Å². The van der Waals surface area contributed by atoms with Crippen molar-refractivity contribution in [1.82, 2.24) is 10.6 Å². The highest BCUT2D eigenvalue weighted by atomic mass is 16.5. The predicted molar refractivity (Wildman–Crippen MR) is 122 cm³/mol. The monoisotopic (exact) mass is 436 g/mol. The normalized spacial score (nSPS) is 14.3. The van der Waals surface area contributed by atoms with Crippen molar-refractivity contribution < 1.29 is 23.9 Å². The molecule has 1 aliphatic carbocycles. The number of hydrogen-bond donors (Lipinski definition) is 2. The van der Waals surface area contributed by atoms with E-state index in [1.807, 2.05) is 24.3 Å². The summed E-state index contributed by atoms with van der Waals surface area (Å²) >= 11 is 0. The van der Waals surface area contributed by atoms with Gasteiger partial charge in [0.1, 0.15) is 5.75 Å². The number of urea groups is 1. The average Bonchev–Trinajstić information content (AvgIpc) is 2.82. The van der Waals surface area contributed by atoms with Crippen LogP contribution in [0.25, 0.3) is 11.6 Å². The van der Waals surface area contributed by atoms with Gasteiger partial charge in [-0.25, -0.2) is 9.59 Å². The van der Waals surface area contributed by atoms with Gasteiger partial charge in [-0.3, -0.25) is 10.1 Å². The van der Waals surface area contributed by atoms with E-state index in [1.165, 1.54) is 6.42 Å². The van der Waals surface area contributed by atoms with Crippen LogP contribution in [0.3, 0.4) is 0 Å². The van der Waals surface area contributed by atoms with Crippen LogP contribution < -0.4 is 15.4 Å². The number of imide groups is 1. The fourth-order valence-corrected chi connectivity index (χ4v) is 3.66. The molecule has 0 saturated heterocycles. The quantitative estimate of drug-likeness (QED) is 0.390. The van der Waals surface area contributed by atoms with Gasteiger partial charge in [-0.15, -0.1) is 0 Å². The van der Waals surface area contributed by atoms with Crippen molar-refractivity contribution in [2.24, 2.45) is 0 Å². The molecule has 0 atom stereocenters. The molecular weight excluding hydrogens is 408 g/mol. The molecule has 2 aromatic rings. The van der Waals surface area contributed by atoms with E-state index in [1.54, 1.807) is 43.5 Å². The van der Waals surface area contributed by atoms with Gasteiger partial charge in [-0.05, 0) is 30.5 Å². The Hall–Kier alpha value is -3.61. The highest BCUT2D eigenvalue weighted by molar-refractivity contribution is 6.22. The molecule has 7 heteroatoms.